The zero-order chi connectivity index (χ0) is 24.9. The zero-order valence-corrected chi connectivity index (χ0v) is 21.6. The van der Waals surface area contributed by atoms with Gasteiger partial charge in [0, 0.05) is 39.3 Å². The van der Waals surface area contributed by atoms with Crippen LogP contribution in [0.3, 0.4) is 0 Å². The SMILES string of the molecule is COC(=O)CCCCCN(C/C=C/Cc1ccc(N(C)C)cc1)CCc1cccc2ccccc12. The third-order valence-electron chi connectivity index (χ3n) is 6.50. The zero-order valence-electron chi connectivity index (χ0n) is 21.6. The van der Waals surface area contributed by atoms with Gasteiger partial charge >= 0.3 is 5.97 Å². The molecule has 0 aliphatic carbocycles. The molecule has 0 aliphatic rings. The van der Waals surface area contributed by atoms with Crippen LogP contribution in [0.4, 0.5) is 5.69 Å². The summed E-state index contributed by atoms with van der Waals surface area (Å²) in [6.45, 7) is 3.00. The van der Waals surface area contributed by atoms with Crippen molar-refractivity contribution < 1.29 is 9.53 Å². The van der Waals surface area contributed by atoms with Crippen molar-refractivity contribution in [3.8, 4) is 0 Å². The van der Waals surface area contributed by atoms with E-state index in [4.69, 9.17) is 4.74 Å². The van der Waals surface area contributed by atoms with E-state index < -0.39 is 0 Å². The lowest BCUT2D eigenvalue weighted by atomic mass is 10.0. The lowest BCUT2D eigenvalue weighted by Gasteiger charge is -2.21. The topological polar surface area (TPSA) is 32.8 Å². The predicted octanol–water partition coefficient (Wildman–Crippen LogP) is 6.28. The number of esters is 1. The molecule has 0 bridgehead atoms. The lowest BCUT2D eigenvalue weighted by Crippen LogP contribution is -2.27. The fourth-order valence-electron chi connectivity index (χ4n) is 4.34. The molecule has 3 aromatic rings. The summed E-state index contributed by atoms with van der Waals surface area (Å²) in [5.41, 5.74) is 3.96. The van der Waals surface area contributed by atoms with Gasteiger partial charge in [0.1, 0.15) is 0 Å². The summed E-state index contributed by atoms with van der Waals surface area (Å²) < 4.78 is 4.76. The number of methoxy groups -OCH3 is 1. The van der Waals surface area contributed by atoms with Crippen LogP contribution in [-0.2, 0) is 22.4 Å². The quantitative estimate of drug-likeness (QED) is 0.157. The third-order valence-corrected chi connectivity index (χ3v) is 6.50. The Morgan fingerprint density at radius 2 is 1.63 bits per heavy atom. The number of ether oxygens (including phenoxy) is 1. The minimum Gasteiger partial charge on any atom is -0.469 e. The van der Waals surface area contributed by atoms with Crippen molar-refractivity contribution in [2.45, 2.75) is 38.5 Å². The van der Waals surface area contributed by atoms with Gasteiger partial charge in [0.2, 0.25) is 0 Å². The van der Waals surface area contributed by atoms with E-state index in [1.165, 1.54) is 34.7 Å². The van der Waals surface area contributed by atoms with Gasteiger partial charge < -0.3 is 9.64 Å². The van der Waals surface area contributed by atoms with Crippen molar-refractivity contribution in [3.63, 3.8) is 0 Å². The van der Waals surface area contributed by atoms with E-state index in [9.17, 15) is 4.79 Å². The number of nitrogens with zero attached hydrogens (tertiary/aromatic N) is 2. The minimum atomic E-state index is -0.112. The first-order valence-electron chi connectivity index (χ1n) is 12.7. The van der Waals surface area contributed by atoms with Gasteiger partial charge in [0.05, 0.1) is 7.11 Å². The van der Waals surface area contributed by atoms with Crippen LogP contribution in [0.25, 0.3) is 10.8 Å². The maximum Gasteiger partial charge on any atom is 0.305 e. The Morgan fingerprint density at radius 3 is 2.40 bits per heavy atom. The van der Waals surface area contributed by atoms with Crippen LogP contribution in [-0.4, -0.2) is 51.7 Å². The van der Waals surface area contributed by atoms with Gasteiger partial charge in [-0.25, -0.2) is 0 Å². The van der Waals surface area contributed by atoms with Crippen molar-refractivity contribution in [1.29, 1.82) is 0 Å². The molecule has 0 aliphatic heterocycles. The highest BCUT2D eigenvalue weighted by molar-refractivity contribution is 5.85. The minimum absolute atomic E-state index is 0.112. The number of rotatable bonds is 14. The number of carbonyl (C=O) groups is 1. The summed E-state index contributed by atoms with van der Waals surface area (Å²) in [4.78, 5) is 16.0. The summed E-state index contributed by atoms with van der Waals surface area (Å²) in [6, 6.07) is 24.0. The number of unbranched alkanes of at least 4 members (excludes halogenated alkanes) is 2. The van der Waals surface area contributed by atoms with Crippen molar-refractivity contribution in [1.82, 2.24) is 4.90 Å². The molecule has 0 atom stereocenters. The average molecular weight is 473 g/mol. The monoisotopic (exact) mass is 472 g/mol. The Morgan fingerprint density at radius 1 is 0.857 bits per heavy atom. The molecule has 35 heavy (non-hydrogen) atoms. The van der Waals surface area contributed by atoms with E-state index in [1.54, 1.807) is 0 Å². The maximum absolute atomic E-state index is 11.4. The summed E-state index contributed by atoms with van der Waals surface area (Å²) in [6.07, 6.45) is 10.1. The standard InChI is InChI=1S/C31H40N2O2/c1-32(2)29-20-18-26(19-21-29)12-8-10-24-33(23-9-4-5-17-31(34)35-3)25-22-28-15-11-14-27-13-6-7-16-30(27)28/h6-8,10-11,13-16,18-21H,4-5,9,12,17,22-25H2,1-3H3/b10-8+. The first kappa shape index (κ1) is 26.5. The number of hydrogen-bond donors (Lipinski definition) is 0. The van der Waals surface area contributed by atoms with E-state index in [-0.39, 0.29) is 5.97 Å². The molecule has 0 heterocycles. The number of hydrogen-bond acceptors (Lipinski definition) is 4. The summed E-state index contributed by atoms with van der Waals surface area (Å²) >= 11 is 0. The summed E-state index contributed by atoms with van der Waals surface area (Å²) in [7, 11) is 5.59. The van der Waals surface area contributed by atoms with E-state index in [0.29, 0.717) is 6.42 Å². The molecule has 0 aromatic heterocycles. The van der Waals surface area contributed by atoms with E-state index in [1.807, 2.05) is 0 Å². The highest BCUT2D eigenvalue weighted by atomic mass is 16.5. The van der Waals surface area contributed by atoms with Crippen molar-refractivity contribution in [3.05, 3.63) is 90.0 Å². The maximum atomic E-state index is 11.4. The largest absolute Gasteiger partial charge is 0.469 e. The molecule has 3 aromatic carbocycles. The van der Waals surface area contributed by atoms with Crippen LogP contribution in [0, 0.1) is 0 Å². The molecule has 0 unspecified atom stereocenters. The molecule has 4 heteroatoms. The Hall–Kier alpha value is -3.11. The van der Waals surface area contributed by atoms with E-state index >= 15 is 0 Å². The van der Waals surface area contributed by atoms with Crippen molar-refractivity contribution in [2.24, 2.45) is 0 Å². The van der Waals surface area contributed by atoms with Crippen molar-refractivity contribution in [2.75, 3.05) is 45.7 Å². The molecule has 3 rings (SSSR count). The third kappa shape index (κ3) is 8.88. The number of benzene rings is 3. The molecule has 0 saturated heterocycles. The number of anilines is 1. The molecule has 0 amide bonds. The first-order chi connectivity index (χ1) is 17.1. The highest BCUT2D eigenvalue weighted by Crippen LogP contribution is 2.19. The Labute approximate surface area is 211 Å². The smallest absolute Gasteiger partial charge is 0.305 e. The molecular weight excluding hydrogens is 432 g/mol. The van der Waals surface area contributed by atoms with Crippen LogP contribution >= 0.6 is 0 Å². The fraction of sp³-hybridized carbons (Fsp3) is 0.387. The molecule has 0 radical (unpaired) electrons. The van der Waals surface area contributed by atoms with Crippen LogP contribution < -0.4 is 4.90 Å². The van der Waals surface area contributed by atoms with Gasteiger partial charge in [0.15, 0.2) is 0 Å². The summed E-state index contributed by atoms with van der Waals surface area (Å²) in [5, 5.41) is 2.66. The van der Waals surface area contributed by atoms with Crippen LogP contribution in [0.2, 0.25) is 0 Å². The number of allylic oxidation sites excluding steroid dienone is 1. The normalized spacial score (nSPS) is 11.4. The van der Waals surface area contributed by atoms with Gasteiger partial charge in [-0.05, 0) is 66.3 Å². The molecular formula is C31H40N2O2. The Bertz CT molecular complexity index is 1070. The van der Waals surface area contributed by atoms with Gasteiger partial charge in [-0.15, -0.1) is 0 Å². The van der Waals surface area contributed by atoms with Crippen molar-refractivity contribution >= 4 is 22.4 Å². The summed E-state index contributed by atoms with van der Waals surface area (Å²) in [5.74, 6) is -0.112. The molecule has 0 spiro atoms. The molecule has 0 saturated carbocycles. The first-order valence-corrected chi connectivity index (χ1v) is 12.7. The number of fused-ring (bicyclic) bond motifs is 1. The predicted molar refractivity (Wildman–Crippen MR) is 148 cm³/mol. The van der Waals surface area contributed by atoms with Gasteiger partial charge in [-0.2, -0.15) is 0 Å². The lowest BCUT2D eigenvalue weighted by molar-refractivity contribution is -0.140. The Kier molecular flexibility index (Phi) is 10.8. The number of carbonyl (C=O) groups excluding carboxylic acids is 1. The van der Waals surface area contributed by atoms with Gasteiger partial charge in [-0.1, -0.05) is 73.2 Å². The fourth-order valence-corrected chi connectivity index (χ4v) is 4.34. The van der Waals surface area contributed by atoms with Gasteiger partial charge in [-0.3, -0.25) is 9.69 Å². The van der Waals surface area contributed by atoms with Crippen LogP contribution in [0.1, 0.15) is 36.8 Å². The Balaban J connectivity index is 1.55. The molecule has 0 N–H and O–H groups in total. The van der Waals surface area contributed by atoms with Gasteiger partial charge in [0.25, 0.3) is 0 Å². The van der Waals surface area contributed by atoms with Crippen LogP contribution in [0.15, 0.2) is 78.9 Å². The molecule has 186 valence electrons. The second-order valence-electron chi connectivity index (χ2n) is 9.31. The second-order valence-corrected chi connectivity index (χ2v) is 9.31. The molecule has 4 nitrogen and oxygen atoms in total. The van der Waals surface area contributed by atoms with E-state index in [0.717, 1.165) is 51.7 Å². The highest BCUT2D eigenvalue weighted by Gasteiger charge is 2.07. The second kappa shape index (κ2) is 14.3. The van der Waals surface area contributed by atoms with E-state index in [2.05, 4.69) is 103 Å². The average Bonchev–Trinajstić information content (AvgIpc) is 2.89. The molecule has 0 fully saturated rings. The van der Waals surface area contributed by atoms with Crippen LogP contribution in [0.5, 0.6) is 0 Å².